The summed E-state index contributed by atoms with van der Waals surface area (Å²) < 4.78 is 24.4. The molecule has 0 heterocycles. The van der Waals surface area contributed by atoms with E-state index in [2.05, 4.69) is 5.32 Å². The molecule has 0 aromatic heterocycles. The minimum absolute atomic E-state index is 0. The van der Waals surface area contributed by atoms with E-state index in [0.717, 1.165) is 25.7 Å². The van der Waals surface area contributed by atoms with Crippen molar-refractivity contribution >= 4 is 39.8 Å². The highest BCUT2D eigenvalue weighted by Gasteiger charge is 2.37. The van der Waals surface area contributed by atoms with Gasteiger partial charge >= 0.3 is 0 Å². The van der Waals surface area contributed by atoms with Crippen LogP contribution in [0.2, 0.25) is 5.02 Å². The van der Waals surface area contributed by atoms with Crippen molar-refractivity contribution in [3.05, 3.63) is 29.3 Å². The van der Waals surface area contributed by atoms with Crippen molar-refractivity contribution in [3.8, 4) is 0 Å². The molecule has 1 saturated carbocycles. The fourth-order valence-corrected chi connectivity index (χ4v) is 4.26. The van der Waals surface area contributed by atoms with Crippen molar-refractivity contribution in [3.63, 3.8) is 0 Å². The van der Waals surface area contributed by atoms with E-state index in [-0.39, 0.29) is 41.4 Å². The quantitative estimate of drug-likeness (QED) is 0.802. The SMILES string of the molecule is CC1(N)CCCCC1C(=O)NCCS(=O)(=O)c1ccc(Cl)cc1.Cl. The second-order valence-corrected chi connectivity index (χ2v) is 8.91. The van der Waals surface area contributed by atoms with Crippen LogP contribution in [0.25, 0.3) is 0 Å². The van der Waals surface area contributed by atoms with Gasteiger partial charge in [0.1, 0.15) is 0 Å². The van der Waals surface area contributed by atoms with Gasteiger partial charge < -0.3 is 11.1 Å². The summed E-state index contributed by atoms with van der Waals surface area (Å²) in [7, 11) is -3.44. The zero-order valence-electron chi connectivity index (χ0n) is 13.6. The number of carbonyl (C=O) groups excluding carboxylic acids is 1. The maximum atomic E-state index is 12.3. The largest absolute Gasteiger partial charge is 0.355 e. The lowest BCUT2D eigenvalue weighted by Crippen LogP contribution is -2.53. The summed E-state index contributed by atoms with van der Waals surface area (Å²) in [5.74, 6) is -0.551. The fourth-order valence-electron chi connectivity index (χ4n) is 2.98. The predicted molar refractivity (Wildman–Crippen MR) is 98.3 cm³/mol. The van der Waals surface area contributed by atoms with Gasteiger partial charge in [-0.15, -0.1) is 12.4 Å². The van der Waals surface area contributed by atoms with Gasteiger partial charge in [-0.25, -0.2) is 8.42 Å². The number of nitrogens with one attached hydrogen (secondary N) is 1. The Morgan fingerprint density at radius 2 is 1.96 bits per heavy atom. The minimum Gasteiger partial charge on any atom is -0.355 e. The van der Waals surface area contributed by atoms with Crippen LogP contribution in [-0.2, 0) is 14.6 Å². The minimum atomic E-state index is -3.44. The molecule has 1 aromatic rings. The number of hydrogen-bond acceptors (Lipinski definition) is 4. The Hall–Kier alpha value is -0.820. The van der Waals surface area contributed by atoms with Gasteiger partial charge in [0, 0.05) is 17.1 Å². The average molecular weight is 395 g/mol. The Bertz CT molecular complexity index is 660. The number of sulfone groups is 1. The van der Waals surface area contributed by atoms with Crippen LogP contribution in [0.5, 0.6) is 0 Å². The number of hydrogen-bond donors (Lipinski definition) is 2. The van der Waals surface area contributed by atoms with Crippen molar-refractivity contribution in [2.24, 2.45) is 11.7 Å². The van der Waals surface area contributed by atoms with Gasteiger partial charge in [0.15, 0.2) is 9.84 Å². The lowest BCUT2D eigenvalue weighted by Gasteiger charge is -2.37. The molecule has 2 rings (SSSR count). The van der Waals surface area contributed by atoms with Crippen LogP contribution in [0.4, 0.5) is 0 Å². The monoisotopic (exact) mass is 394 g/mol. The second-order valence-electron chi connectivity index (χ2n) is 6.37. The third-order valence-electron chi connectivity index (χ3n) is 4.41. The Labute approximate surface area is 154 Å². The van der Waals surface area contributed by atoms with Crippen molar-refractivity contribution in [2.45, 2.75) is 43.0 Å². The molecule has 0 bridgehead atoms. The zero-order chi connectivity index (χ0) is 17.1. The fraction of sp³-hybridized carbons (Fsp3) is 0.562. The smallest absolute Gasteiger partial charge is 0.224 e. The first-order chi connectivity index (χ1) is 10.7. The van der Waals surface area contributed by atoms with Crippen molar-refractivity contribution < 1.29 is 13.2 Å². The first-order valence-electron chi connectivity index (χ1n) is 7.77. The maximum Gasteiger partial charge on any atom is 0.224 e. The second kappa shape index (κ2) is 8.52. The molecule has 24 heavy (non-hydrogen) atoms. The molecule has 1 aliphatic carbocycles. The number of halogens is 2. The van der Waals surface area contributed by atoms with E-state index in [1.807, 2.05) is 6.92 Å². The molecule has 1 aliphatic rings. The molecular formula is C16H24Cl2N2O3S. The summed E-state index contributed by atoms with van der Waals surface area (Å²) in [5, 5.41) is 3.20. The van der Waals surface area contributed by atoms with Gasteiger partial charge in [-0.3, -0.25) is 4.79 Å². The van der Waals surface area contributed by atoms with Gasteiger partial charge in [0.25, 0.3) is 0 Å². The summed E-state index contributed by atoms with van der Waals surface area (Å²) in [6, 6.07) is 6.01. The average Bonchev–Trinajstić information content (AvgIpc) is 2.46. The summed E-state index contributed by atoms with van der Waals surface area (Å²) in [6.45, 7) is 1.97. The van der Waals surface area contributed by atoms with Gasteiger partial charge in [-0.05, 0) is 44.0 Å². The molecule has 2 atom stereocenters. The van der Waals surface area contributed by atoms with Crippen LogP contribution in [0, 0.1) is 5.92 Å². The van der Waals surface area contributed by atoms with E-state index in [0.29, 0.717) is 5.02 Å². The predicted octanol–water partition coefficient (Wildman–Crippen LogP) is 2.56. The van der Waals surface area contributed by atoms with Gasteiger partial charge in [0.05, 0.1) is 16.6 Å². The summed E-state index contributed by atoms with van der Waals surface area (Å²) in [4.78, 5) is 12.5. The summed E-state index contributed by atoms with van der Waals surface area (Å²) >= 11 is 5.76. The number of nitrogens with two attached hydrogens (primary N) is 1. The van der Waals surface area contributed by atoms with E-state index in [1.54, 1.807) is 0 Å². The zero-order valence-corrected chi connectivity index (χ0v) is 16.0. The first kappa shape index (κ1) is 21.2. The van der Waals surface area contributed by atoms with Crippen molar-refractivity contribution in [2.75, 3.05) is 12.3 Å². The lowest BCUT2D eigenvalue weighted by molar-refractivity contribution is -0.127. The lowest BCUT2D eigenvalue weighted by atomic mass is 9.74. The Balaban J connectivity index is 0.00000288. The molecule has 1 aromatic carbocycles. The first-order valence-corrected chi connectivity index (χ1v) is 9.80. The van der Waals surface area contributed by atoms with Crippen molar-refractivity contribution in [1.82, 2.24) is 5.32 Å². The summed E-state index contributed by atoms with van der Waals surface area (Å²) in [5.41, 5.74) is 5.68. The molecule has 8 heteroatoms. The molecule has 0 aliphatic heterocycles. The van der Waals surface area contributed by atoms with Gasteiger partial charge in [-0.1, -0.05) is 24.4 Å². The Morgan fingerprint density at radius 3 is 2.54 bits per heavy atom. The highest BCUT2D eigenvalue weighted by Crippen LogP contribution is 2.31. The van der Waals surface area contributed by atoms with E-state index in [4.69, 9.17) is 17.3 Å². The van der Waals surface area contributed by atoms with Crippen LogP contribution >= 0.6 is 24.0 Å². The number of amides is 1. The molecule has 136 valence electrons. The normalized spacial score (nSPS) is 24.0. The van der Waals surface area contributed by atoms with Crippen LogP contribution < -0.4 is 11.1 Å². The third kappa shape index (κ3) is 5.34. The van der Waals surface area contributed by atoms with E-state index in [9.17, 15) is 13.2 Å². The van der Waals surface area contributed by atoms with E-state index >= 15 is 0 Å². The summed E-state index contributed by atoms with van der Waals surface area (Å²) in [6.07, 6.45) is 3.58. The standard InChI is InChI=1S/C16H23ClN2O3S.ClH/c1-16(18)9-3-2-4-14(16)15(20)19-10-11-23(21,22)13-7-5-12(17)6-8-13;/h5-8,14H,2-4,9-11,18H2,1H3,(H,19,20);1H. The molecular weight excluding hydrogens is 371 g/mol. The molecule has 1 amide bonds. The number of rotatable bonds is 5. The molecule has 5 nitrogen and oxygen atoms in total. The molecule has 1 fully saturated rings. The van der Waals surface area contributed by atoms with Crippen LogP contribution in [0.3, 0.4) is 0 Å². The van der Waals surface area contributed by atoms with Crippen LogP contribution in [0.15, 0.2) is 29.2 Å². The molecule has 0 radical (unpaired) electrons. The van der Waals surface area contributed by atoms with Crippen LogP contribution in [0.1, 0.15) is 32.6 Å². The maximum absolute atomic E-state index is 12.3. The van der Waals surface area contributed by atoms with Crippen molar-refractivity contribution in [1.29, 1.82) is 0 Å². The Kier molecular flexibility index (Phi) is 7.53. The van der Waals surface area contributed by atoms with Gasteiger partial charge in [0.2, 0.25) is 5.91 Å². The molecule has 0 spiro atoms. The van der Waals surface area contributed by atoms with E-state index < -0.39 is 15.4 Å². The Morgan fingerprint density at radius 1 is 1.33 bits per heavy atom. The number of benzene rings is 1. The third-order valence-corrected chi connectivity index (χ3v) is 6.40. The highest BCUT2D eigenvalue weighted by atomic mass is 35.5. The van der Waals surface area contributed by atoms with E-state index in [1.165, 1.54) is 24.3 Å². The number of carbonyl (C=O) groups is 1. The topological polar surface area (TPSA) is 89.3 Å². The van der Waals surface area contributed by atoms with Crippen LogP contribution in [-0.4, -0.2) is 32.2 Å². The molecule has 0 saturated heterocycles. The van der Waals surface area contributed by atoms with Gasteiger partial charge in [-0.2, -0.15) is 0 Å². The molecule has 2 unspecified atom stereocenters. The highest BCUT2D eigenvalue weighted by molar-refractivity contribution is 7.91. The molecule has 3 N–H and O–H groups in total.